The zero-order chi connectivity index (χ0) is 15.5. The number of oxazole rings is 1. The van der Waals surface area contributed by atoms with Crippen LogP contribution >= 0.6 is 12.2 Å². The summed E-state index contributed by atoms with van der Waals surface area (Å²) in [5.41, 5.74) is 4.03. The maximum atomic E-state index is 5.81. The van der Waals surface area contributed by atoms with Crippen LogP contribution in [0.2, 0.25) is 0 Å². The Morgan fingerprint density at radius 1 is 1.18 bits per heavy atom. The van der Waals surface area contributed by atoms with E-state index in [-0.39, 0.29) is 0 Å². The fourth-order valence-electron chi connectivity index (χ4n) is 2.60. The van der Waals surface area contributed by atoms with Gasteiger partial charge in [-0.05, 0) is 37.1 Å². The molecule has 2 aromatic heterocycles. The largest absolute Gasteiger partial charge is 0.440 e. The van der Waals surface area contributed by atoms with Crippen molar-refractivity contribution in [2.45, 2.75) is 39.7 Å². The van der Waals surface area contributed by atoms with Crippen LogP contribution in [0.1, 0.15) is 36.9 Å². The van der Waals surface area contributed by atoms with Gasteiger partial charge in [-0.15, -0.1) is 0 Å². The first kappa shape index (κ1) is 15.0. The van der Waals surface area contributed by atoms with Crippen LogP contribution < -0.4 is 0 Å². The van der Waals surface area contributed by atoms with Gasteiger partial charge in [0.25, 0.3) is 0 Å². The Kier molecular flexibility index (Phi) is 4.39. The first-order valence-corrected chi connectivity index (χ1v) is 8.13. The van der Waals surface area contributed by atoms with Gasteiger partial charge < -0.3 is 8.98 Å². The molecule has 114 valence electrons. The van der Waals surface area contributed by atoms with Crippen molar-refractivity contribution in [3.8, 4) is 0 Å². The number of unbranched alkanes of at least 4 members (excludes halogenated alkanes) is 1. The number of para-hydroxylation sites is 2. The van der Waals surface area contributed by atoms with Gasteiger partial charge in [0.05, 0.1) is 6.42 Å². The Balaban J connectivity index is 1.93. The molecule has 0 aliphatic heterocycles. The summed E-state index contributed by atoms with van der Waals surface area (Å²) in [6.45, 7) is 5.28. The number of hydrogen-bond donors (Lipinski definition) is 0. The lowest BCUT2D eigenvalue weighted by molar-refractivity contribution is 0.540. The van der Waals surface area contributed by atoms with Gasteiger partial charge in [0.1, 0.15) is 10.2 Å². The minimum Gasteiger partial charge on any atom is -0.440 e. The standard InChI is InChI=1S/C18H20N2OS/c1-3-4-11-20-13(2)9-10-14(18(20)22)12-17-19-15-7-5-6-8-16(15)21-17/h5-10H,3-4,11-12H2,1-2H3. The minimum atomic E-state index is 0.639. The molecule has 0 saturated carbocycles. The number of nitrogens with zero attached hydrogens (tertiary/aromatic N) is 2. The van der Waals surface area contributed by atoms with E-state index >= 15 is 0 Å². The van der Waals surface area contributed by atoms with Crippen LogP contribution in [0.15, 0.2) is 40.8 Å². The molecule has 3 rings (SSSR count). The van der Waals surface area contributed by atoms with Gasteiger partial charge in [-0.1, -0.05) is 43.8 Å². The first-order valence-electron chi connectivity index (χ1n) is 7.73. The number of aromatic nitrogens is 2. The van der Waals surface area contributed by atoms with E-state index in [9.17, 15) is 0 Å². The van der Waals surface area contributed by atoms with E-state index in [1.807, 2.05) is 24.3 Å². The van der Waals surface area contributed by atoms with Crippen molar-refractivity contribution < 1.29 is 4.42 Å². The molecule has 0 aliphatic rings. The van der Waals surface area contributed by atoms with Crippen LogP contribution in [0.25, 0.3) is 11.1 Å². The van der Waals surface area contributed by atoms with E-state index in [1.165, 1.54) is 5.69 Å². The van der Waals surface area contributed by atoms with Crippen LogP contribution in [0.3, 0.4) is 0 Å². The van der Waals surface area contributed by atoms with Crippen LogP contribution in [-0.4, -0.2) is 9.55 Å². The van der Waals surface area contributed by atoms with Crippen LogP contribution in [-0.2, 0) is 13.0 Å². The molecule has 0 unspecified atom stereocenters. The van der Waals surface area contributed by atoms with Gasteiger partial charge >= 0.3 is 0 Å². The van der Waals surface area contributed by atoms with Crippen molar-refractivity contribution >= 4 is 23.3 Å². The predicted molar refractivity (Wildman–Crippen MR) is 91.7 cm³/mol. The van der Waals surface area contributed by atoms with Gasteiger partial charge in [-0.2, -0.15) is 0 Å². The summed E-state index contributed by atoms with van der Waals surface area (Å²) < 4.78 is 8.93. The molecule has 3 aromatic rings. The molecular weight excluding hydrogens is 292 g/mol. The lowest BCUT2D eigenvalue weighted by atomic mass is 10.2. The summed E-state index contributed by atoms with van der Waals surface area (Å²) in [6.07, 6.45) is 2.94. The summed E-state index contributed by atoms with van der Waals surface area (Å²) in [4.78, 5) is 4.54. The molecule has 0 atom stereocenters. The Morgan fingerprint density at radius 2 is 2.00 bits per heavy atom. The number of hydrogen-bond acceptors (Lipinski definition) is 3. The van der Waals surface area contributed by atoms with Crippen LogP contribution in [0.5, 0.6) is 0 Å². The molecular formula is C18H20N2OS. The summed E-state index contributed by atoms with van der Waals surface area (Å²) in [5, 5.41) is 0. The number of pyridine rings is 1. The average molecular weight is 312 g/mol. The zero-order valence-electron chi connectivity index (χ0n) is 13.0. The van der Waals surface area contributed by atoms with Gasteiger partial charge in [-0.25, -0.2) is 4.98 Å². The monoisotopic (exact) mass is 312 g/mol. The van der Waals surface area contributed by atoms with Crippen molar-refractivity contribution in [3.05, 3.63) is 58.2 Å². The lowest BCUT2D eigenvalue weighted by Gasteiger charge is -2.12. The van der Waals surface area contributed by atoms with Gasteiger partial charge in [0.2, 0.25) is 0 Å². The highest BCUT2D eigenvalue weighted by Crippen LogP contribution is 2.19. The third kappa shape index (κ3) is 2.97. The van der Waals surface area contributed by atoms with Crippen molar-refractivity contribution in [1.82, 2.24) is 9.55 Å². The van der Waals surface area contributed by atoms with E-state index in [0.29, 0.717) is 6.42 Å². The number of rotatable bonds is 5. The Bertz CT molecular complexity index is 815. The Hall–Kier alpha value is -1.94. The average Bonchev–Trinajstić information content (AvgIpc) is 2.92. The molecule has 0 spiro atoms. The fourth-order valence-corrected chi connectivity index (χ4v) is 2.98. The molecule has 22 heavy (non-hydrogen) atoms. The fraction of sp³-hybridized carbons (Fsp3) is 0.333. The minimum absolute atomic E-state index is 0.639. The van der Waals surface area contributed by atoms with Crippen LogP contribution in [0.4, 0.5) is 0 Å². The zero-order valence-corrected chi connectivity index (χ0v) is 13.8. The summed E-state index contributed by atoms with van der Waals surface area (Å²) >= 11 is 5.67. The smallest absolute Gasteiger partial charge is 0.200 e. The summed E-state index contributed by atoms with van der Waals surface area (Å²) in [5.74, 6) is 0.721. The maximum Gasteiger partial charge on any atom is 0.200 e. The second-order valence-corrected chi connectivity index (χ2v) is 5.95. The van der Waals surface area contributed by atoms with Gasteiger partial charge in [0.15, 0.2) is 11.5 Å². The molecule has 0 aliphatic carbocycles. The van der Waals surface area contributed by atoms with E-state index in [1.54, 1.807) is 0 Å². The second-order valence-electron chi connectivity index (χ2n) is 5.56. The lowest BCUT2D eigenvalue weighted by Crippen LogP contribution is -2.07. The van der Waals surface area contributed by atoms with Crippen molar-refractivity contribution in [2.75, 3.05) is 0 Å². The Morgan fingerprint density at radius 3 is 2.77 bits per heavy atom. The third-order valence-electron chi connectivity index (χ3n) is 3.89. The molecule has 0 radical (unpaired) electrons. The molecule has 0 bridgehead atoms. The Labute approximate surface area is 135 Å². The molecule has 4 heteroatoms. The first-order chi connectivity index (χ1) is 10.7. The third-order valence-corrected chi connectivity index (χ3v) is 4.37. The predicted octanol–water partition coefficient (Wildman–Crippen LogP) is 5.06. The molecule has 0 fully saturated rings. The van der Waals surface area contributed by atoms with Crippen molar-refractivity contribution in [1.29, 1.82) is 0 Å². The maximum absolute atomic E-state index is 5.81. The SMILES string of the molecule is CCCCn1c(C)ccc(Cc2nc3ccccc3o2)c1=S. The molecule has 0 N–H and O–H groups in total. The van der Waals surface area contributed by atoms with Crippen LogP contribution in [0, 0.1) is 11.6 Å². The quantitative estimate of drug-likeness (QED) is 0.617. The van der Waals surface area contributed by atoms with Crippen molar-refractivity contribution in [2.24, 2.45) is 0 Å². The summed E-state index contributed by atoms with van der Waals surface area (Å²) in [7, 11) is 0. The molecule has 0 amide bonds. The highest BCUT2D eigenvalue weighted by Gasteiger charge is 2.09. The molecule has 3 nitrogen and oxygen atoms in total. The molecule has 2 heterocycles. The normalized spacial score (nSPS) is 11.2. The van der Waals surface area contributed by atoms with Gasteiger partial charge in [-0.3, -0.25) is 0 Å². The molecule has 0 saturated heterocycles. The van der Waals surface area contributed by atoms with Gasteiger partial charge in [0, 0.05) is 12.2 Å². The van der Waals surface area contributed by atoms with E-state index < -0.39 is 0 Å². The summed E-state index contributed by atoms with van der Waals surface area (Å²) in [6, 6.07) is 12.1. The van der Waals surface area contributed by atoms with Crippen molar-refractivity contribution in [3.63, 3.8) is 0 Å². The number of benzene rings is 1. The second kappa shape index (κ2) is 6.44. The number of fused-ring (bicyclic) bond motifs is 1. The highest BCUT2D eigenvalue weighted by atomic mass is 32.1. The highest BCUT2D eigenvalue weighted by molar-refractivity contribution is 7.71. The van der Waals surface area contributed by atoms with E-state index in [2.05, 4.69) is 35.5 Å². The van der Waals surface area contributed by atoms with E-state index in [0.717, 1.165) is 46.6 Å². The number of aryl methyl sites for hydroxylation is 1. The topological polar surface area (TPSA) is 31.0 Å². The van der Waals surface area contributed by atoms with E-state index in [4.69, 9.17) is 16.6 Å². The molecule has 1 aromatic carbocycles.